The number of aromatic nitrogens is 1. The van der Waals surface area contributed by atoms with Crippen LogP contribution >= 0.6 is 39.1 Å². The molecule has 0 spiro atoms. The predicted molar refractivity (Wildman–Crippen MR) is 75.1 cm³/mol. The molecule has 0 amide bonds. The van der Waals surface area contributed by atoms with Crippen LogP contribution in [-0.2, 0) is 0 Å². The lowest BCUT2D eigenvalue weighted by Crippen LogP contribution is -1.97. The Labute approximate surface area is 130 Å². The fourth-order valence-corrected chi connectivity index (χ4v) is 2.12. The van der Waals surface area contributed by atoms with Crippen molar-refractivity contribution in [2.75, 3.05) is 0 Å². The lowest BCUT2D eigenvalue weighted by Gasteiger charge is -2.10. The minimum atomic E-state index is -0.717. The molecule has 2 rings (SSSR count). The average Bonchev–Trinajstić information content (AvgIpc) is 2.37. The number of nitro groups is 1. The molecule has 0 aliphatic heterocycles. The SMILES string of the molecule is O=[N+]([O-])c1c(Br)ncc(Cl)c1Oc1cc(F)ccc1Cl. The number of pyridine rings is 1. The van der Waals surface area contributed by atoms with Crippen molar-refractivity contribution in [1.29, 1.82) is 0 Å². The molecule has 1 aromatic heterocycles. The highest BCUT2D eigenvalue weighted by Gasteiger charge is 2.25. The molecule has 0 aliphatic rings. The van der Waals surface area contributed by atoms with Gasteiger partial charge in [-0.15, -0.1) is 0 Å². The van der Waals surface area contributed by atoms with E-state index in [2.05, 4.69) is 20.9 Å². The van der Waals surface area contributed by atoms with Gasteiger partial charge in [0.25, 0.3) is 0 Å². The maximum Gasteiger partial charge on any atom is 0.345 e. The molecule has 20 heavy (non-hydrogen) atoms. The summed E-state index contributed by atoms with van der Waals surface area (Å²) in [6.07, 6.45) is 1.17. The molecular formula is C11H4BrCl2FN2O3. The zero-order chi connectivity index (χ0) is 14.9. The number of benzene rings is 1. The lowest BCUT2D eigenvalue weighted by molar-refractivity contribution is -0.386. The van der Waals surface area contributed by atoms with E-state index in [1.165, 1.54) is 12.3 Å². The molecule has 0 atom stereocenters. The van der Waals surface area contributed by atoms with Gasteiger partial charge in [-0.1, -0.05) is 23.2 Å². The van der Waals surface area contributed by atoms with Crippen molar-refractivity contribution in [3.05, 3.63) is 55.0 Å². The molecule has 104 valence electrons. The summed E-state index contributed by atoms with van der Waals surface area (Å²) in [6, 6.07) is 3.40. The van der Waals surface area contributed by atoms with E-state index in [1.54, 1.807) is 0 Å². The van der Waals surface area contributed by atoms with Gasteiger partial charge < -0.3 is 4.74 Å². The predicted octanol–water partition coefficient (Wildman–Crippen LogP) is 4.99. The zero-order valence-corrected chi connectivity index (χ0v) is 12.5. The summed E-state index contributed by atoms with van der Waals surface area (Å²) in [5.41, 5.74) is -0.474. The zero-order valence-electron chi connectivity index (χ0n) is 9.44. The minimum absolute atomic E-state index is 0.0607. The Morgan fingerprint density at radius 2 is 2.05 bits per heavy atom. The van der Waals surface area contributed by atoms with Gasteiger partial charge in [0.05, 0.1) is 16.1 Å². The Balaban J connectivity index is 2.56. The van der Waals surface area contributed by atoms with Crippen LogP contribution < -0.4 is 4.74 Å². The van der Waals surface area contributed by atoms with Gasteiger partial charge in [0, 0.05) is 6.07 Å². The number of halogens is 4. The molecule has 0 unspecified atom stereocenters. The molecular weight excluding hydrogens is 378 g/mol. The Hall–Kier alpha value is -1.44. The van der Waals surface area contributed by atoms with Crippen molar-refractivity contribution >= 4 is 44.8 Å². The van der Waals surface area contributed by atoms with Gasteiger partial charge in [-0.05, 0) is 28.1 Å². The second-order valence-corrected chi connectivity index (χ2v) is 5.07. The largest absolute Gasteiger partial charge is 0.447 e. The average molecular weight is 382 g/mol. The number of ether oxygens (including phenoxy) is 1. The smallest absolute Gasteiger partial charge is 0.345 e. The summed E-state index contributed by atoms with van der Waals surface area (Å²) >= 11 is 14.6. The highest BCUT2D eigenvalue weighted by atomic mass is 79.9. The number of hydrogen-bond donors (Lipinski definition) is 0. The Kier molecular flexibility index (Phi) is 4.42. The van der Waals surface area contributed by atoms with Crippen LogP contribution in [0.1, 0.15) is 0 Å². The molecule has 0 bridgehead atoms. The first-order valence-electron chi connectivity index (χ1n) is 5.01. The lowest BCUT2D eigenvalue weighted by atomic mass is 10.3. The second kappa shape index (κ2) is 5.90. The van der Waals surface area contributed by atoms with Crippen LogP contribution in [0.25, 0.3) is 0 Å². The minimum Gasteiger partial charge on any atom is -0.447 e. The van der Waals surface area contributed by atoms with Crippen molar-refractivity contribution in [1.82, 2.24) is 4.98 Å². The highest BCUT2D eigenvalue weighted by molar-refractivity contribution is 9.10. The summed E-state index contributed by atoms with van der Waals surface area (Å²) in [5.74, 6) is -0.961. The fourth-order valence-electron chi connectivity index (χ4n) is 1.36. The van der Waals surface area contributed by atoms with Crippen LogP contribution in [0, 0.1) is 15.9 Å². The molecule has 0 fully saturated rings. The van der Waals surface area contributed by atoms with Crippen LogP contribution in [0.4, 0.5) is 10.1 Å². The van der Waals surface area contributed by atoms with Gasteiger partial charge in [0.15, 0.2) is 4.60 Å². The molecule has 2 aromatic rings. The van der Waals surface area contributed by atoms with Crippen molar-refractivity contribution in [2.24, 2.45) is 0 Å². The topological polar surface area (TPSA) is 65.3 Å². The van der Waals surface area contributed by atoms with E-state index < -0.39 is 16.4 Å². The van der Waals surface area contributed by atoms with Gasteiger partial charge in [0.1, 0.15) is 16.6 Å². The van der Waals surface area contributed by atoms with E-state index in [9.17, 15) is 14.5 Å². The maximum atomic E-state index is 13.2. The molecule has 0 saturated heterocycles. The van der Waals surface area contributed by atoms with E-state index in [0.29, 0.717) is 0 Å². The van der Waals surface area contributed by atoms with Crippen molar-refractivity contribution in [2.45, 2.75) is 0 Å². The third-order valence-electron chi connectivity index (χ3n) is 2.21. The third-order valence-corrected chi connectivity index (χ3v) is 3.37. The summed E-state index contributed by atoms with van der Waals surface area (Å²) in [4.78, 5) is 14.0. The van der Waals surface area contributed by atoms with E-state index in [1.807, 2.05) is 0 Å². The normalized spacial score (nSPS) is 10.4. The summed E-state index contributed by atoms with van der Waals surface area (Å²) in [5, 5.41) is 11.0. The van der Waals surface area contributed by atoms with Gasteiger partial charge in [-0.2, -0.15) is 0 Å². The van der Waals surface area contributed by atoms with E-state index in [0.717, 1.165) is 12.1 Å². The van der Waals surface area contributed by atoms with Crippen LogP contribution in [0.5, 0.6) is 11.5 Å². The van der Waals surface area contributed by atoms with Crippen molar-refractivity contribution in [3.63, 3.8) is 0 Å². The van der Waals surface area contributed by atoms with E-state index in [-0.39, 0.29) is 26.1 Å². The first-order valence-corrected chi connectivity index (χ1v) is 6.56. The Bertz CT molecular complexity index is 700. The molecule has 0 radical (unpaired) electrons. The van der Waals surface area contributed by atoms with Crippen LogP contribution in [-0.4, -0.2) is 9.91 Å². The summed E-state index contributed by atoms with van der Waals surface area (Å²) in [7, 11) is 0. The Morgan fingerprint density at radius 1 is 1.35 bits per heavy atom. The second-order valence-electron chi connectivity index (χ2n) is 3.51. The Morgan fingerprint density at radius 3 is 2.70 bits per heavy atom. The van der Waals surface area contributed by atoms with Crippen LogP contribution in [0.2, 0.25) is 10.0 Å². The van der Waals surface area contributed by atoms with Gasteiger partial charge in [-0.3, -0.25) is 10.1 Å². The molecule has 9 heteroatoms. The fraction of sp³-hybridized carbons (Fsp3) is 0. The molecule has 0 N–H and O–H groups in total. The van der Waals surface area contributed by atoms with Crippen molar-refractivity contribution in [3.8, 4) is 11.5 Å². The van der Waals surface area contributed by atoms with Crippen molar-refractivity contribution < 1.29 is 14.1 Å². The van der Waals surface area contributed by atoms with Gasteiger partial charge in [0.2, 0.25) is 5.75 Å². The van der Waals surface area contributed by atoms with Crippen LogP contribution in [0.15, 0.2) is 29.0 Å². The maximum absolute atomic E-state index is 13.2. The highest BCUT2D eigenvalue weighted by Crippen LogP contribution is 2.42. The first kappa shape index (κ1) is 15.0. The standard InChI is InChI=1S/C11H4BrCl2FN2O3/c12-11-9(17(18)19)10(7(14)4-16-11)20-8-3-5(15)1-2-6(8)13/h1-4H. The molecule has 0 saturated carbocycles. The van der Waals surface area contributed by atoms with Gasteiger partial charge >= 0.3 is 5.69 Å². The summed E-state index contributed by atoms with van der Waals surface area (Å²) in [6.45, 7) is 0. The van der Waals surface area contributed by atoms with Gasteiger partial charge in [-0.25, -0.2) is 9.37 Å². The van der Waals surface area contributed by atoms with Crippen LogP contribution in [0.3, 0.4) is 0 Å². The monoisotopic (exact) mass is 380 g/mol. The molecule has 0 aliphatic carbocycles. The quantitative estimate of drug-likeness (QED) is 0.426. The number of nitrogens with zero attached hydrogens (tertiary/aromatic N) is 2. The first-order chi connectivity index (χ1) is 9.40. The van der Waals surface area contributed by atoms with E-state index >= 15 is 0 Å². The molecule has 5 nitrogen and oxygen atoms in total. The number of rotatable bonds is 3. The summed E-state index contributed by atoms with van der Waals surface area (Å²) < 4.78 is 18.4. The van der Waals surface area contributed by atoms with E-state index in [4.69, 9.17) is 27.9 Å². The third kappa shape index (κ3) is 3.00. The molecule has 1 aromatic carbocycles. The number of hydrogen-bond acceptors (Lipinski definition) is 4. The molecule has 1 heterocycles.